The molecule has 0 aliphatic heterocycles. The van der Waals surface area contributed by atoms with Gasteiger partial charge >= 0.3 is 11.9 Å². The van der Waals surface area contributed by atoms with Gasteiger partial charge in [0.15, 0.2) is 5.78 Å². The van der Waals surface area contributed by atoms with Gasteiger partial charge < -0.3 is 20.5 Å². The van der Waals surface area contributed by atoms with Crippen LogP contribution in [-0.4, -0.2) is 52.8 Å². The molecule has 41 heavy (non-hydrogen) atoms. The van der Waals surface area contributed by atoms with Gasteiger partial charge in [-0.1, -0.05) is 39.2 Å². The summed E-state index contributed by atoms with van der Waals surface area (Å²) >= 11 is 0. The first-order valence-corrected chi connectivity index (χ1v) is 15.6. The number of hydrogen-bond donors (Lipinski definition) is 3. The molecular formula is C32H48N2O7. The number of ether oxygens (including phenoxy) is 1. The Morgan fingerprint density at radius 3 is 2.49 bits per heavy atom. The van der Waals surface area contributed by atoms with Crippen LogP contribution >= 0.6 is 0 Å². The second kappa shape index (κ2) is 12.7. The van der Waals surface area contributed by atoms with Crippen LogP contribution in [0.25, 0.3) is 0 Å². The molecule has 3 saturated carbocycles. The van der Waals surface area contributed by atoms with Crippen molar-refractivity contribution in [3.05, 3.63) is 11.6 Å². The number of hydrogen-bond acceptors (Lipinski definition) is 6. The Morgan fingerprint density at radius 1 is 1.02 bits per heavy atom. The number of aliphatic carboxylic acids is 1. The van der Waals surface area contributed by atoms with Gasteiger partial charge in [0, 0.05) is 18.3 Å². The highest BCUT2D eigenvalue weighted by Crippen LogP contribution is 2.65. The number of rotatable bonds is 11. The maximum atomic E-state index is 12.8. The zero-order valence-corrected chi connectivity index (χ0v) is 25.1. The van der Waals surface area contributed by atoms with E-state index in [1.165, 1.54) is 12.5 Å². The van der Waals surface area contributed by atoms with Gasteiger partial charge in [-0.05, 0) is 87.5 Å². The first-order valence-electron chi connectivity index (χ1n) is 15.6. The van der Waals surface area contributed by atoms with Crippen molar-refractivity contribution in [3.8, 4) is 0 Å². The van der Waals surface area contributed by atoms with Crippen molar-refractivity contribution in [2.45, 2.75) is 129 Å². The van der Waals surface area contributed by atoms with E-state index in [2.05, 4.69) is 24.5 Å². The van der Waals surface area contributed by atoms with Crippen molar-refractivity contribution < 1.29 is 33.8 Å². The van der Waals surface area contributed by atoms with Crippen molar-refractivity contribution in [2.24, 2.45) is 28.6 Å². The molecule has 0 aromatic heterocycles. The molecule has 0 saturated heterocycles. The smallest absolute Gasteiger partial charge is 0.326 e. The van der Waals surface area contributed by atoms with E-state index in [0.717, 1.165) is 51.4 Å². The van der Waals surface area contributed by atoms with E-state index in [1.54, 1.807) is 0 Å². The lowest BCUT2D eigenvalue weighted by Gasteiger charge is -2.57. The lowest BCUT2D eigenvalue weighted by Crippen LogP contribution is -2.51. The zero-order valence-electron chi connectivity index (χ0n) is 25.1. The maximum absolute atomic E-state index is 12.8. The standard InChI is InChI=1S/C32H48N2O7/c1-5-6-7-25(30(39)40)34-29(38)19(2)33-27(36)12-13-28(37)41-26-11-10-23-22-9-8-20-18-21(35)14-16-31(20,3)24(22)15-17-32(23,26)4/h18-19,22-26H,5-17H2,1-4H3,(H,33,36)(H,34,38)(H,39,40)/t19-,22+,23+,24-,25-,26+,31-,32-/m0/s1. The molecule has 4 aliphatic rings. The van der Waals surface area contributed by atoms with Crippen LogP contribution in [0.3, 0.4) is 0 Å². The molecule has 3 fully saturated rings. The minimum absolute atomic E-state index is 0.0715. The van der Waals surface area contributed by atoms with Crippen LogP contribution in [0.2, 0.25) is 0 Å². The highest BCUT2D eigenvalue weighted by molar-refractivity contribution is 5.92. The molecule has 4 rings (SSSR count). The molecule has 0 heterocycles. The van der Waals surface area contributed by atoms with E-state index in [9.17, 15) is 29.1 Å². The van der Waals surface area contributed by atoms with Gasteiger partial charge in [-0.15, -0.1) is 0 Å². The Bertz CT molecular complexity index is 1090. The van der Waals surface area contributed by atoms with Gasteiger partial charge in [0.25, 0.3) is 0 Å². The van der Waals surface area contributed by atoms with Crippen molar-refractivity contribution in [1.82, 2.24) is 10.6 Å². The molecule has 228 valence electrons. The largest absolute Gasteiger partial charge is 0.480 e. The lowest BCUT2D eigenvalue weighted by molar-refractivity contribution is -0.160. The van der Waals surface area contributed by atoms with E-state index in [-0.39, 0.29) is 35.6 Å². The summed E-state index contributed by atoms with van der Waals surface area (Å²) in [4.78, 5) is 61.2. The van der Waals surface area contributed by atoms with Crippen LogP contribution in [-0.2, 0) is 28.7 Å². The highest BCUT2D eigenvalue weighted by atomic mass is 16.5. The van der Waals surface area contributed by atoms with E-state index < -0.39 is 35.8 Å². The normalized spacial score (nSPS) is 33.8. The summed E-state index contributed by atoms with van der Waals surface area (Å²) in [5, 5.41) is 14.4. The fourth-order valence-electron chi connectivity index (χ4n) is 8.48. The summed E-state index contributed by atoms with van der Waals surface area (Å²) in [6.45, 7) is 8.07. The predicted octanol–water partition coefficient (Wildman–Crippen LogP) is 4.47. The van der Waals surface area contributed by atoms with Crippen LogP contribution in [0.1, 0.15) is 111 Å². The average molecular weight is 573 g/mol. The van der Waals surface area contributed by atoms with E-state index in [1.807, 2.05) is 13.0 Å². The maximum Gasteiger partial charge on any atom is 0.326 e. The molecule has 2 amide bonds. The number of carboxylic acids is 1. The summed E-state index contributed by atoms with van der Waals surface area (Å²) in [6.07, 6.45) is 11.0. The Balaban J connectivity index is 1.26. The van der Waals surface area contributed by atoms with Crippen molar-refractivity contribution in [3.63, 3.8) is 0 Å². The number of esters is 1. The van der Waals surface area contributed by atoms with Gasteiger partial charge in [-0.25, -0.2) is 4.79 Å². The van der Waals surface area contributed by atoms with E-state index in [4.69, 9.17) is 4.74 Å². The van der Waals surface area contributed by atoms with Crippen molar-refractivity contribution in [2.75, 3.05) is 0 Å². The Labute approximate surface area is 243 Å². The molecule has 0 aromatic rings. The van der Waals surface area contributed by atoms with Crippen LogP contribution in [0.15, 0.2) is 11.6 Å². The number of amides is 2. The van der Waals surface area contributed by atoms with Gasteiger partial charge in [-0.2, -0.15) is 0 Å². The second-order valence-corrected chi connectivity index (χ2v) is 13.4. The molecule has 0 bridgehead atoms. The number of carbonyl (C=O) groups is 5. The lowest BCUT2D eigenvalue weighted by atomic mass is 9.47. The Kier molecular flexibility index (Phi) is 9.64. The van der Waals surface area contributed by atoms with Gasteiger partial charge in [0.05, 0.1) is 6.42 Å². The highest BCUT2D eigenvalue weighted by Gasteiger charge is 2.60. The topological polar surface area (TPSA) is 139 Å². The first-order chi connectivity index (χ1) is 19.4. The molecule has 0 radical (unpaired) electrons. The quantitative estimate of drug-likeness (QED) is 0.310. The first kappa shape index (κ1) is 31.2. The molecule has 0 spiro atoms. The van der Waals surface area contributed by atoms with Crippen molar-refractivity contribution >= 4 is 29.5 Å². The summed E-state index contributed by atoms with van der Waals surface area (Å²) < 4.78 is 6.01. The third kappa shape index (κ3) is 6.54. The van der Waals surface area contributed by atoms with Gasteiger partial charge in [0.2, 0.25) is 11.8 Å². The number of carbonyl (C=O) groups excluding carboxylic acids is 4. The third-order valence-corrected chi connectivity index (χ3v) is 10.9. The fraction of sp³-hybridized carbons (Fsp3) is 0.781. The summed E-state index contributed by atoms with van der Waals surface area (Å²) in [5.74, 6) is -0.611. The van der Waals surface area contributed by atoms with Crippen molar-refractivity contribution in [1.29, 1.82) is 0 Å². The SMILES string of the molecule is CCCC[C@H](NC(=O)[C@H](C)NC(=O)CCC(=O)O[C@@H]1CC[C@@H]2[C@H]3CCC4=CC(=O)CC[C@]4(C)[C@H]3CC[C@@]21C)C(=O)O. The minimum Gasteiger partial charge on any atom is -0.480 e. The molecule has 9 nitrogen and oxygen atoms in total. The van der Waals surface area contributed by atoms with E-state index >= 15 is 0 Å². The average Bonchev–Trinajstić information content (AvgIpc) is 3.25. The number of allylic oxidation sites excluding steroid dienone is 1. The van der Waals surface area contributed by atoms with Gasteiger partial charge in [-0.3, -0.25) is 19.2 Å². The molecule has 0 aromatic carbocycles. The summed E-state index contributed by atoms with van der Waals surface area (Å²) in [5.41, 5.74) is 1.38. The van der Waals surface area contributed by atoms with E-state index in [0.29, 0.717) is 37.0 Å². The molecule has 8 atom stereocenters. The molecule has 4 aliphatic carbocycles. The fourth-order valence-corrected chi connectivity index (χ4v) is 8.48. The zero-order chi connectivity index (χ0) is 29.9. The predicted molar refractivity (Wildman–Crippen MR) is 153 cm³/mol. The molecule has 9 heteroatoms. The summed E-state index contributed by atoms with van der Waals surface area (Å²) in [6, 6.07) is -1.91. The van der Waals surface area contributed by atoms with Crippen LogP contribution in [0.5, 0.6) is 0 Å². The molecule has 0 unspecified atom stereocenters. The number of carboxylic acid groups (broad SMARTS) is 1. The molecule has 3 N–H and O–H groups in total. The number of nitrogens with one attached hydrogen (secondary N) is 2. The number of ketones is 1. The Hall–Kier alpha value is -2.71. The Morgan fingerprint density at radius 2 is 1.78 bits per heavy atom. The van der Waals surface area contributed by atoms with Crippen LogP contribution in [0, 0.1) is 28.6 Å². The minimum atomic E-state index is -1.10. The second-order valence-electron chi connectivity index (χ2n) is 13.4. The summed E-state index contributed by atoms with van der Waals surface area (Å²) in [7, 11) is 0. The number of fused-ring (bicyclic) bond motifs is 5. The monoisotopic (exact) mass is 572 g/mol. The van der Waals surface area contributed by atoms with Crippen LogP contribution in [0.4, 0.5) is 0 Å². The number of unbranched alkanes of at least 4 members (excludes halogenated alkanes) is 1. The third-order valence-electron chi connectivity index (χ3n) is 10.9. The molecular weight excluding hydrogens is 524 g/mol. The van der Waals surface area contributed by atoms with Crippen LogP contribution < -0.4 is 10.6 Å². The van der Waals surface area contributed by atoms with Gasteiger partial charge in [0.1, 0.15) is 18.2 Å².